The zero-order chi connectivity index (χ0) is 20.7. The second-order valence-electron chi connectivity index (χ2n) is 9.49. The van der Waals surface area contributed by atoms with E-state index in [1.807, 2.05) is 0 Å². The smallest absolute Gasteiger partial charge is 0.338 e. The normalized spacial score (nSPS) is 41.4. The number of carboxylic acid groups (broad SMARTS) is 1. The summed E-state index contributed by atoms with van der Waals surface area (Å²) in [6.45, 7) is 0. The van der Waals surface area contributed by atoms with Gasteiger partial charge in [-0.15, -0.1) is 0 Å². The van der Waals surface area contributed by atoms with Crippen LogP contribution in [-0.4, -0.2) is 56.8 Å². The number of hydrogen-bond acceptors (Lipinski definition) is 6. The number of carbonyl (C=O) groups excluding carboxylic acids is 1. The van der Waals surface area contributed by atoms with Gasteiger partial charge < -0.3 is 25.2 Å². The number of ether oxygens (including phenoxy) is 1. The van der Waals surface area contributed by atoms with Crippen molar-refractivity contribution in [1.82, 2.24) is 0 Å². The number of aliphatic carboxylic acids is 1. The van der Waals surface area contributed by atoms with Crippen molar-refractivity contribution in [2.75, 3.05) is 0 Å². The lowest BCUT2D eigenvalue weighted by Crippen LogP contribution is -2.48. The van der Waals surface area contributed by atoms with E-state index in [0.29, 0.717) is 11.8 Å². The molecule has 0 spiro atoms. The molecule has 3 saturated carbocycles. The zero-order valence-corrected chi connectivity index (χ0v) is 16.6. The standard InChI is InChI=1S/C22H32O7/c23-18(19(24)21(26)27)20(25)22(28)29-13-6-9-15-12(10-13)5-8-16-14-3-1-2-11(14)4-7-17(15)16/h1-2,11-20,23-25H,3-10H2,(H,26,27). The van der Waals surface area contributed by atoms with Gasteiger partial charge in [0, 0.05) is 0 Å². The van der Waals surface area contributed by atoms with Gasteiger partial charge in [-0.2, -0.15) is 0 Å². The molecule has 0 bridgehead atoms. The minimum atomic E-state index is -2.23. The van der Waals surface area contributed by atoms with Crippen LogP contribution in [0.4, 0.5) is 0 Å². The van der Waals surface area contributed by atoms with Crippen LogP contribution in [0.3, 0.4) is 0 Å². The molecular formula is C22H32O7. The summed E-state index contributed by atoms with van der Waals surface area (Å²) < 4.78 is 5.40. The van der Waals surface area contributed by atoms with Crippen LogP contribution in [0.5, 0.6) is 0 Å². The molecule has 7 nitrogen and oxygen atoms in total. The van der Waals surface area contributed by atoms with E-state index in [4.69, 9.17) is 9.84 Å². The monoisotopic (exact) mass is 408 g/mol. The Morgan fingerprint density at radius 2 is 1.55 bits per heavy atom. The number of esters is 1. The molecule has 0 aliphatic heterocycles. The van der Waals surface area contributed by atoms with Crippen molar-refractivity contribution in [3.05, 3.63) is 12.2 Å². The number of carboxylic acids is 1. The van der Waals surface area contributed by atoms with Gasteiger partial charge >= 0.3 is 11.9 Å². The van der Waals surface area contributed by atoms with Crippen LogP contribution in [0.1, 0.15) is 51.4 Å². The van der Waals surface area contributed by atoms with Gasteiger partial charge in [0.05, 0.1) is 0 Å². The molecule has 0 radical (unpaired) electrons. The van der Waals surface area contributed by atoms with Gasteiger partial charge in [-0.1, -0.05) is 12.2 Å². The van der Waals surface area contributed by atoms with Crippen LogP contribution >= 0.6 is 0 Å². The SMILES string of the molecule is O=C(O)C(O)C(O)C(O)C(=O)OC1CCC2C(CCC3C4CC=CC4CCC23)C1. The third kappa shape index (κ3) is 3.97. The van der Waals surface area contributed by atoms with Crippen LogP contribution in [0.2, 0.25) is 0 Å². The first kappa shape index (κ1) is 20.8. The summed E-state index contributed by atoms with van der Waals surface area (Å²) in [6, 6.07) is 0. The minimum absolute atomic E-state index is 0.325. The van der Waals surface area contributed by atoms with Gasteiger partial charge in [0.25, 0.3) is 0 Å². The van der Waals surface area contributed by atoms with Crippen molar-refractivity contribution in [3.63, 3.8) is 0 Å². The number of aliphatic hydroxyl groups excluding tert-OH is 3. The maximum atomic E-state index is 12.1. The molecule has 3 fully saturated rings. The van der Waals surface area contributed by atoms with Crippen LogP contribution in [-0.2, 0) is 14.3 Å². The van der Waals surface area contributed by atoms with E-state index in [1.54, 1.807) is 0 Å². The summed E-state index contributed by atoms with van der Waals surface area (Å²) in [5.41, 5.74) is 0. The summed E-state index contributed by atoms with van der Waals surface area (Å²) in [7, 11) is 0. The van der Waals surface area contributed by atoms with Crippen molar-refractivity contribution >= 4 is 11.9 Å². The van der Waals surface area contributed by atoms with E-state index in [9.17, 15) is 24.9 Å². The Morgan fingerprint density at radius 1 is 0.862 bits per heavy atom. The van der Waals surface area contributed by atoms with Gasteiger partial charge in [-0.25, -0.2) is 9.59 Å². The molecule has 10 unspecified atom stereocenters. The maximum absolute atomic E-state index is 12.1. The molecule has 0 amide bonds. The Kier molecular flexibility index (Phi) is 6.00. The average molecular weight is 408 g/mol. The fourth-order valence-corrected chi connectivity index (χ4v) is 6.75. The zero-order valence-electron chi connectivity index (χ0n) is 16.6. The van der Waals surface area contributed by atoms with Gasteiger partial charge in [-0.3, -0.25) is 0 Å². The lowest BCUT2D eigenvalue weighted by atomic mass is 9.53. The number of allylic oxidation sites excluding steroid dienone is 2. The third-order valence-electron chi connectivity index (χ3n) is 8.11. The number of rotatable bonds is 5. The first-order valence-electron chi connectivity index (χ1n) is 11.0. The van der Waals surface area contributed by atoms with Crippen molar-refractivity contribution in [2.24, 2.45) is 35.5 Å². The molecule has 0 aromatic carbocycles. The Hall–Kier alpha value is -1.44. The summed E-state index contributed by atoms with van der Waals surface area (Å²) in [6.07, 6.45) is 6.73. The molecule has 0 aromatic rings. The third-order valence-corrected chi connectivity index (χ3v) is 8.11. The highest BCUT2D eigenvalue weighted by molar-refractivity contribution is 5.78. The van der Waals surface area contributed by atoms with Crippen LogP contribution in [0, 0.1) is 35.5 Å². The van der Waals surface area contributed by atoms with Gasteiger partial charge in [0.1, 0.15) is 12.2 Å². The van der Waals surface area contributed by atoms with Crippen molar-refractivity contribution in [1.29, 1.82) is 0 Å². The summed E-state index contributed by atoms with van der Waals surface area (Å²) in [5.74, 6) is 1.61. The second-order valence-corrected chi connectivity index (χ2v) is 9.49. The Labute approximate surface area is 170 Å². The van der Waals surface area contributed by atoms with Gasteiger partial charge in [-0.05, 0) is 86.9 Å². The summed E-state index contributed by atoms with van der Waals surface area (Å²) in [4.78, 5) is 22.9. The first-order valence-corrected chi connectivity index (χ1v) is 11.0. The highest BCUT2D eigenvalue weighted by atomic mass is 16.6. The van der Waals surface area contributed by atoms with Crippen LogP contribution in [0.15, 0.2) is 12.2 Å². The Balaban J connectivity index is 1.32. The highest BCUT2D eigenvalue weighted by Crippen LogP contribution is 2.56. The molecule has 7 heteroatoms. The summed E-state index contributed by atoms with van der Waals surface area (Å²) in [5, 5.41) is 37.6. The quantitative estimate of drug-likeness (QED) is 0.401. The average Bonchev–Trinajstić information content (AvgIpc) is 3.20. The fraction of sp³-hybridized carbons (Fsp3) is 0.818. The molecule has 29 heavy (non-hydrogen) atoms. The van der Waals surface area contributed by atoms with Crippen molar-refractivity contribution < 1.29 is 34.8 Å². The molecule has 4 N–H and O–H groups in total. The fourth-order valence-electron chi connectivity index (χ4n) is 6.75. The topological polar surface area (TPSA) is 124 Å². The van der Waals surface area contributed by atoms with E-state index >= 15 is 0 Å². The highest BCUT2D eigenvalue weighted by Gasteiger charge is 2.49. The molecule has 0 aromatic heterocycles. The Morgan fingerprint density at radius 3 is 2.31 bits per heavy atom. The van der Waals surface area contributed by atoms with Crippen LogP contribution in [0.25, 0.3) is 0 Å². The molecule has 0 saturated heterocycles. The molecule has 4 aliphatic rings. The van der Waals surface area contributed by atoms with Crippen molar-refractivity contribution in [2.45, 2.75) is 75.8 Å². The van der Waals surface area contributed by atoms with E-state index in [-0.39, 0.29) is 6.10 Å². The number of carbonyl (C=O) groups is 2. The largest absolute Gasteiger partial charge is 0.479 e. The molecule has 4 rings (SSSR count). The lowest BCUT2D eigenvalue weighted by molar-refractivity contribution is -0.178. The predicted molar refractivity (Wildman–Crippen MR) is 103 cm³/mol. The predicted octanol–water partition coefficient (Wildman–Crippen LogP) is 1.49. The number of hydrogen-bond donors (Lipinski definition) is 4. The maximum Gasteiger partial charge on any atom is 0.338 e. The molecule has 162 valence electrons. The van der Waals surface area contributed by atoms with Crippen LogP contribution < -0.4 is 0 Å². The minimum Gasteiger partial charge on any atom is -0.479 e. The lowest BCUT2D eigenvalue weighted by Gasteiger charge is -2.52. The molecule has 0 heterocycles. The van der Waals surface area contributed by atoms with E-state index < -0.39 is 30.3 Å². The van der Waals surface area contributed by atoms with Crippen molar-refractivity contribution in [3.8, 4) is 0 Å². The molecular weight excluding hydrogens is 376 g/mol. The summed E-state index contributed by atoms with van der Waals surface area (Å²) >= 11 is 0. The second kappa shape index (κ2) is 8.36. The van der Waals surface area contributed by atoms with Gasteiger partial charge in [0.15, 0.2) is 12.2 Å². The van der Waals surface area contributed by atoms with E-state index in [1.165, 1.54) is 25.7 Å². The van der Waals surface area contributed by atoms with E-state index in [0.717, 1.165) is 49.4 Å². The number of fused-ring (bicyclic) bond motifs is 5. The molecule has 4 aliphatic carbocycles. The Bertz CT molecular complexity index is 662. The first-order chi connectivity index (χ1) is 13.9. The molecule has 10 atom stereocenters. The number of aliphatic hydroxyl groups is 3. The van der Waals surface area contributed by atoms with Gasteiger partial charge in [0.2, 0.25) is 0 Å². The van der Waals surface area contributed by atoms with E-state index in [2.05, 4.69) is 12.2 Å².